The zero-order chi connectivity index (χ0) is 17.2. The molecule has 0 aliphatic carbocycles. The second-order valence-electron chi connectivity index (χ2n) is 5.60. The summed E-state index contributed by atoms with van der Waals surface area (Å²) in [5, 5.41) is 1.78. The lowest BCUT2D eigenvalue weighted by Gasteiger charge is -2.31. The normalized spacial score (nSPS) is 17.4. The van der Waals surface area contributed by atoms with Crippen molar-refractivity contribution in [2.45, 2.75) is 17.7 Å². The molecule has 0 bridgehead atoms. The molecule has 0 radical (unpaired) electrons. The van der Waals surface area contributed by atoms with E-state index in [0.29, 0.717) is 12.8 Å². The molecule has 1 fully saturated rings. The summed E-state index contributed by atoms with van der Waals surface area (Å²) in [7, 11) is -0.302. The van der Waals surface area contributed by atoms with Crippen LogP contribution in [-0.2, 0) is 14.8 Å². The van der Waals surface area contributed by atoms with Crippen molar-refractivity contribution >= 4 is 39.1 Å². The summed E-state index contributed by atoms with van der Waals surface area (Å²) in [5.41, 5.74) is 2.70. The minimum atomic E-state index is -3.77. The first-order chi connectivity index (χ1) is 10.7. The highest BCUT2D eigenvalue weighted by molar-refractivity contribution is 7.89. The minimum Gasteiger partial charge on any atom is -0.289 e. The van der Waals surface area contributed by atoms with Crippen molar-refractivity contribution < 1.29 is 13.2 Å². The number of nitrogens with zero attached hydrogens (tertiary/aromatic N) is 2. The van der Waals surface area contributed by atoms with Crippen LogP contribution in [0.5, 0.6) is 0 Å². The minimum absolute atomic E-state index is 0.0699. The SMILES string of the molecule is CN(C)NC(=O)C1CCN(S(=O)(=O)c2c(Cl)cccc2Cl)CC1. The van der Waals surface area contributed by atoms with Crippen molar-refractivity contribution in [1.82, 2.24) is 14.7 Å². The summed E-state index contributed by atoms with van der Waals surface area (Å²) < 4.78 is 26.8. The van der Waals surface area contributed by atoms with E-state index in [0.717, 1.165) is 0 Å². The van der Waals surface area contributed by atoms with Crippen LogP contribution in [0.1, 0.15) is 12.8 Å². The Morgan fingerprint density at radius 2 is 1.74 bits per heavy atom. The summed E-state index contributed by atoms with van der Waals surface area (Å²) in [6, 6.07) is 4.59. The van der Waals surface area contributed by atoms with Crippen LogP contribution in [0.4, 0.5) is 0 Å². The Hall–Kier alpha value is -0.860. The van der Waals surface area contributed by atoms with Crippen LogP contribution in [0.2, 0.25) is 10.0 Å². The van der Waals surface area contributed by atoms with E-state index in [2.05, 4.69) is 5.43 Å². The maximum atomic E-state index is 12.7. The topological polar surface area (TPSA) is 69.7 Å². The molecule has 1 amide bonds. The number of hydrogen-bond donors (Lipinski definition) is 1. The summed E-state index contributed by atoms with van der Waals surface area (Å²) in [4.78, 5) is 11.9. The predicted molar refractivity (Wildman–Crippen MR) is 89.8 cm³/mol. The molecule has 6 nitrogen and oxygen atoms in total. The van der Waals surface area contributed by atoms with Gasteiger partial charge in [0.05, 0.1) is 10.0 Å². The molecule has 2 rings (SSSR count). The molecule has 1 aliphatic rings. The lowest BCUT2D eigenvalue weighted by Crippen LogP contribution is -2.46. The first-order valence-electron chi connectivity index (χ1n) is 7.15. The lowest BCUT2D eigenvalue weighted by molar-refractivity contribution is -0.130. The van der Waals surface area contributed by atoms with Gasteiger partial charge in [0.15, 0.2) is 0 Å². The van der Waals surface area contributed by atoms with Gasteiger partial charge in [0.1, 0.15) is 4.90 Å². The third kappa shape index (κ3) is 4.16. The van der Waals surface area contributed by atoms with Crippen molar-refractivity contribution in [1.29, 1.82) is 0 Å². The number of piperidine rings is 1. The highest BCUT2D eigenvalue weighted by Gasteiger charge is 2.34. The first-order valence-corrected chi connectivity index (χ1v) is 9.35. The highest BCUT2D eigenvalue weighted by Crippen LogP contribution is 2.33. The van der Waals surface area contributed by atoms with Gasteiger partial charge in [-0.2, -0.15) is 4.31 Å². The maximum Gasteiger partial charge on any atom is 0.246 e. The van der Waals surface area contributed by atoms with Gasteiger partial charge in [-0.05, 0) is 25.0 Å². The van der Waals surface area contributed by atoms with E-state index in [-0.39, 0.29) is 39.9 Å². The Kier molecular flexibility index (Phi) is 5.91. The van der Waals surface area contributed by atoms with E-state index >= 15 is 0 Å². The molecule has 0 saturated carbocycles. The fraction of sp³-hybridized carbons (Fsp3) is 0.500. The monoisotopic (exact) mass is 379 g/mol. The molecule has 23 heavy (non-hydrogen) atoms. The number of amides is 1. The Bertz CT molecular complexity index is 666. The molecule has 1 saturated heterocycles. The van der Waals surface area contributed by atoms with E-state index in [4.69, 9.17) is 23.2 Å². The Balaban J connectivity index is 2.12. The summed E-state index contributed by atoms with van der Waals surface area (Å²) in [6.45, 7) is 0.519. The van der Waals surface area contributed by atoms with E-state index in [1.807, 2.05) is 0 Å². The van der Waals surface area contributed by atoms with Crippen molar-refractivity contribution in [2.24, 2.45) is 5.92 Å². The van der Waals surface area contributed by atoms with Gasteiger partial charge in [-0.1, -0.05) is 29.3 Å². The molecular formula is C14H19Cl2N3O3S. The molecule has 0 spiro atoms. The molecule has 128 valence electrons. The van der Waals surface area contributed by atoms with Gasteiger partial charge in [-0.3, -0.25) is 10.2 Å². The highest BCUT2D eigenvalue weighted by atomic mass is 35.5. The number of hydrogen-bond acceptors (Lipinski definition) is 4. The van der Waals surface area contributed by atoms with Crippen molar-refractivity contribution in [3.63, 3.8) is 0 Å². The second kappa shape index (κ2) is 7.36. The molecule has 1 heterocycles. The maximum absolute atomic E-state index is 12.7. The molecule has 9 heteroatoms. The molecular weight excluding hydrogens is 361 g/mol. The van der Waals surface area contributed by atoms with Crippen LogP contribution in [-0.4, -0.2) is 50.8 Å². The van der Waals surface area contributed by atoms with Gasteiger partial charge in [0, 0.05) is 33.1 Å². The van der Waals surface area contributed by atoms with Crippen LogP contribution in [0, 0.1) is 5.92 Å². The van der Waals surface area contributed by atoms with Crippen molar-refractivity contribution in [2.75, 3.05) is 27.2 Å². The van der Waals surface area contributed by atoms with Gasteiger partial charge >= 0.3 is 0 Å². The van der Waals surface area contributed by atoms with Gasteiger partial charge in [0.2, 0.25) is 15.9 Å². The molecule has 1 aromatic rings. The Morgan fingerprint density at radius 3 is 2.22 bits per heavy atom. The van der Waals surface area contributed by atoms with Gasteiger partial charge in [-0.25, -0.2) is 13.4 Å². The van der Waals surface area contributed by atoms with E-state index < -0.39 is 10.0 Å². The van der Waals surface area contributed by atoms with Gasteiger partial charge in [-0.15, -0.1) is 0 Å². The van der Waals surface area contributed by atoms with Crippen LogP contribution in [0.3, 0.4) is 0 Å². The number of sulfonamides is 1. The molecule has 1 N–H and O–H groups in total. The average Bonchev–Trinajstić information content (AvgIpc) is 2.46. The molecule has 0 unspecified atom stereocenters. The number of carbonyl (C=O) groups excluding carboxylic acids is 1. The molecule has 1 aromatic carbocycles. The average molecular weight is 380 g/mol. The van der Waals surface area contributed by atoms with Gasteiger partial charge < -0.3 is 0 Å². The molecule has 1 aliphatic heterocycles. The van der Waals surface area contributed by atoms with Crippen molar-refractivity contribution in [3.05, 3.63) is 28.2 Å². The predicted octanol–water partition coefficient (Wildman–Crippen LogP) is 1.99. The summed E-state index contributed by atoms with van der Waals surface area (Å²) >= 11 is 12.0. The van der Waals surface area contributed by atoms with Gasteiger partial charge in [0.25, 0.3) is 0 Å². The van der Waals surface area contributed by atoms with Crippen LogP contribution >= 0.6 is 23.2 Å². The first kappa shape index (κ1) is 18.5. The fourth-order valence-electron chi connectivity index (χ4n) is 2.53. The van der Waals surface area contributed by atoms with E-state index in [1.54, 1.807) is 25.2 Å². The lowest BCUT2D eigenvalue weighted by atomic mass is 9.98. The number of carbonyl (C=O) groups is 1. The summed E-state index contributed by atoms with van der Waals surface area (Å²) in [5.74, 6) is -0.298. The Morgan fingerprint density at radius 1 is 1.22 bits per heavy atom. The number of rotatable bonds is 4. The number of hydrazine groups is 1. The zero-order valence-corrected chi connectivity index (χ0v) is 15.2. The van der Waals surface area contributed by atoms with Crippen LogP contribution in [0.15, 0.2) is 23.1 Å². The third-order valence-corrected chi connectivity index (χ3v) is 6.53. The van der Waals surface area contributed by atoms with Crippen LogP contribution < -0.4 is 5.43 Å². The van der Waals surface area contributed by atoms with E-state index in [9.17, 15) is 13.2 Å². The number of nitrogens with one attached hydrogen (secondary N) is 1. The quantitative estimate of drug-likeness (QED) is 0.812. The van der Waals surface area contributed by atoms with E-state index in [1.165, 1.54) is 16.4 Å². The molecule has 0 aromatic heterocycles. The third-order valence-electron chi connectivity index (χ3n) is 3.68. The number of benzene rings is 1. The van der Waals surface area contributed by atoms with Crippen LogP contribution in [0.25, 0.3) is 0 Å². The smallest absolute Gasteiger partial charge is 0.246 e. The van der Waals surface area contributed by atoms with Crippen molar-refractivity contribution in [3.8, 4) is 0 Å². The zero-order valence-electron chi connectivity index (χ0n) is 12.9. The molecule has 0 atom stereocenters. The summed E-state index contributed by atoms with van der Waals surface area (Å²) in [6.07, 6.45) is 0.919. The fourth-order valence-corrected chi connectivity index (χ4v) is 5.09. The largest absolute Gasteiger partial charge is 0.289 e. The second-order valence-corrected chi connectivity index (χ2v) is 8.29. The Labute approximate surface area is 146 Å². The standard InChI is InChI=1S/C14H19Cl2N3O3S/c1-18(2)17-14(20)10-6-8-19(9-7-10)23(21,22)13-11(15)4-3-5-12(13)16/h3-5,10H,6-9H2,1-2H3,(H,17,20). The number of halogens is 2.